The van der Waals surface area contributed by atoms with Crippen molar-refractivity contribution >= 4 is 11.9 Å². The number of ether oxygens (including phenoxy) is 2. The summed E-state index contributed by atoms with van der Waals surface area (Å²) in [6.45, 7) is 8.30. The van der Waals surface area contributed by atoms with Crippen LogP contribution in [-0.4, -0.2) is 25.2 Å². The van der Waals surface area contributed by atoms with E-state index in [1.165, 1.54) is 70.6 Å². The van der Waals surface area contributed by atoms with Crippen molar-refractivity contribution in [1.29, 1.82) is 0 Å². The first kappa shape index (κ1) is 27.9. The first-order chi connectivity index (χ1) is 14.0. The van der Waals surface area contributed by atoms with Gasteiger partial charge in [-0.2, -0.15) is 0 Å². The molecule has 0 N–H and O–H groups in total. The van der Waals surface area contributed by atoms with Gasteiger partial charge in [-0.25, -0.2) is 0 Å². The number of hydrogen-bond acceptors (Lipinski definition) is 4. The van der Waals surface area contributed by atoms with Gasteiger partial charge < -0.3 is 9.47 Å². The van der Waals surface area contributed by atoms with Gasteiger partial charge in [-0.3, -0.25) is 9.59 Å². The zero-order valence-electron chi connectivity index (χ0n) is 19.9. The highest BCUT2D eigenvalue weighted by molar-refractivity contribution is 5.99. The Hall–Kier alpha value is -1.06. The molecule has 4 heteroatoms. The van der Waals surface area contributed by atoms with Crippen LogP contribution in [-0.2, 0) is 19.1 Å². The van der Waals surface area contributed by atoms with Crippen molar-refractivity contribution in [3.63, 3.8) is 0 Å². The van der Waals surface area contributed by atoms with Crippen LogP contribution in [0.25, 0.3) is 0 Å². The lowest BCUT2D eigenvalue weighted by molar-refractivity contribution is -0.169. The SMILES string of the molecule is CCCCCCCCCCCCCCCOC(=O)C(C)(C)C(=O)OCCCCC. The van der Waals surface area contributed by atoms with E-state index in [4.69, 9.17) is 9.47 Å². The Morgan fingerprint density at radius 2 is 0.793 bits per heavy atom. The maximum atomic E-state index is 12.2. The van der Waals surface area contributed by atoms with Crippen LogP contribution in [0.15, 0.2) is 0 Å². The van der Waals surface area contributed by atoms with Crippen molar-refractivity contribution in [3.8, 4) is 0 Å². The molecule has 0 rings (SSSR count). The third-order valence-electron chi connectivity index (χ3n) is 5.48. The minimum atomic E-state index is -1.22. The largest absolute Gasteiger partial charge is 0.465 e. The van der Waals surface area contributed by atoms with Crippen LogP contribution in [0.5, 0.6) is 0 Å². The standard InChI is InChI=1S/C25H48O4/c1-5-7-9-10-11-12-13-14-15-16-17-18-20-22-29-24(27)25(3,4)23(26)28-21-19-8-6-2/h5-22H2,1-4H3. The van der Waals surface area contributed by atoms with Crippen LogP contribution in [0.1, 0.15) is 130 Å². The van der Waals surface area contributed by atoms with Crippen LogP contribution >= 0.6 is 0 Å². The Balaban J connectivity index is 3.57. The Morgan fingerprint density at radius 1 is 0.517 bits per heavy atom. The summed E-state index contributed by atoms with van der Waals surface area (Å²) in [4.78, 5) is 24.3. The van der Waals surface area contributed by atoms with Crippen LogP contribution < -0.4 is 0 Å². The zero-order chi connectivity index (χ0) is 21.8. The summed E-state index contributed by atoms with van der Waals surface area (Å²) in [5.74, 6) is -0.958. The van der Waals surface area contributed by atoms with E-state index >= 15 is 0 Å². The molecule has 0 bridgehead atoms. The minimum Gasteiger partial charge on any atom is -0.465 e. The monoisotopic (exact) mass is 412 g/mol. The highest BCUT2D eigenvalue weighted by Crippen LogP contribution is 2.20. The van der Waals surface area contributed by atoms with Gasteiger partial charge in [0.25, 0.3) is 0 Å². The molecule has 4 nitrogen and oxygen atoms in total. The third-order valence-corrected chi connectivity index (χ3v) is 5.48. The lowest BCUT2D eigenvalue weighted by atomic mass is 9.94. The molecule has 0 aliphatic rings. The number of hydrogen-bond donors (Lipinski definition) is 0. The molecule has 0 unspecified atom stereocenters. The van der Waals surface area contributed by atoms with Crippen molar-refractivity contribution in [3.05, 3.63) is 0 Å². The molecule has 0 atom stereocenters. The van der Waals surface area contributed by atoms with Gasteiger partial charge in [0.15, 0.2) is 5.41 Å². The number of unbranched alkanes of at least 4 members (excludes halogenated alkanes) is 14. The molecule has 172 valence electrons. The van der Waals surface area contributed by atoms with Gasteiger partial charge in [-0.1, -0.05) is 104 Å². The van der Waals surface area contributed by atoms with E-state index in [2.05, 4.69) is 13.8 Å². The predicted octanol–water partition coefficient (Wildman–Crippen LogP) is 7.38. The maximum absolute atomic E-state index is 12.2. The van der Waals surface area contributed by atoms with Gasteiger partial charge >= 0.3 is 11.9 Å². The van der Waals surface area contributed by atoms with Crippen LogP contribution in [0.3, 0.4) is 0 Å². The minimum absolute atomic E-state index is 0.377. The summed E-state index contributed by atoms with van der Waals surface area (Å²) >= 11 is 0. The quantitative estimate of drug-likeness (QED) is 0.119. The van der Waals surface area contributed by atoms with Crippen molar-refractivity contribution in [2.24, 2.45) is 5.41 Å². The van der Waals surface area contributed by atoms with E-state index in [1.54, 1.807) is 13.8 Å². The van der Waals surface area contributed by atoms with Gasteiger partial charge in [0, 0.05) is 0 Å². The molecule has 0 heterocycles. The van der Waals surface area contributed by atoms with Crippen LogP contribution in [0, 0.1) is 5.41 Å². The summed E-state index contributed by atoms with van der Waals surface area (Å²) in [7, 11) is 0. The van der Waals surface area contributed by atoms with Crippen molar-refractivity contribution in [2.75, 3.05) is 13.2 Å². The molecule has 0 amide bonds. The van der Waals surface area contributed by atoms with Crippen LogP contribution in [0.2, 0.25) is 0 Å². The fourth-order valence-corrected chi connectivity index (χ4v) is 3.25. The maximum Gasteiger partial charge on any atom is 0.322 e. The molecular weight excluding hydrogens is 364 g/mol. The highest BCUT2D eigenvalue weighted by atomic mass is 16.6. The normalized spacial score (nSPS) is 11.4. The van der Waals surface area contributed by atoms with Gasteiger partial charge in [-0.05, 0) is 26.7 Å². The molecule has 0 aromatic rings. The molecule has 0 aromatic carbocycles. The highest BCUT2D eigenvalue weighted by Gasteiger charge is 2.39. The molecule has 0 radical (unpaired) electrons. The molecule has 0 spiro atoms. The number of esters is 2. The predicted molar refractivity (Wildman–Crippen MR) is 121 cm³/mol. The summed E-state index contributed by atoms with van der Waals surface area (Å²) in [5, 5.41) is 0. The Kier molecular flexibility index (Phi) is 18.2. The molecule has 0 aliphatic carbocycles. The average Bonchev–Trinajstić information content (AvgIpc) is 2.71. The fourth-order valence-electron chi connectivity index (χ4n) is 3.25. The lowest BCUT2D eigenvalue weighted by Gasteiger charge is -2.20. The molecule has 0 saturated heterocycles. The topological polar surface area (TPSA) is 52.6 Å². The van der Waals surface area contributed by atoms with Gasteiger partial charge in [0.2, 0.25) is 0 Å². The molecule has 0 fully saturated rings. The summed E-state index contributed by atoms with van der Waals surface area (Å²) < 4.78 is 10.5. The molecule has 29 heavy (non-hydrogen) atoms. The van der Waals surface area contributed by atoms with E-state index in [9.17, 15) is 9.59 Å². The smallest absolute Gasteiger partial charge is 0.322 e. The fraction of sp³-hybridized carbons (Fsp3) is 0.920. The average molecular weight is 413 g/mol. The third kappa shape index (κ3) is 15.4. The lowest BCUT2D eigenvalue weighted by Crippen LogP contribution is -2.37. The summed E-state index contributed by atoms with van der Waals surface area (Å²) in [6, 6.07) is 0. The number of carbonyl (C=O) groups is 2. The Bertz CT molecular complexity index is 404. The Morgan fingerprint density at radius 3 is 1.17 bits per heavy atom. The van der Waals surface area contributed by atoms with E-state index in [-0.39, 0.29) is 0 Å². The van der Waals surface area contributed by atoms with E-state index < -0.39 is 17.4 Å². The van der Waals surface area contributed by atoms with E-state index in [1.807, 2.05) is 0 Å². The second-order valence-corrected chi connectivity index (χ2v) is 8.85. The van der Waals surface area contributed by atoms with E-state index in [0.29, 0.717) is 13.2 Å². The summed E-state index contributed by atoms with van der Waals surface area (Å²) in [5.41, 5.74) is -1.22. The first-order valence-electron chi connectivity index (χ1n) is 12.3. The number of rotatable bonds is 20. The zero-order valence-corrected chi connectivity index (χ0v) is 19.9. The van der Waals surface area contributed by atoms with E-state index in [0.717, 1.165) is 32.1 Å². The first-order valence-corrected chi connectivity index (χ1v) is 12.3. The van der Waals surface area contributed by atoms with Crippen molar-refractivity contribution in [2.45, 2.75) is 130 Å². The van der Waals surface area contributed by atoms with Gasteiger partial charge in [0.1, 0.15) is 0 Å². The van der Waals surface area contributed by atoms with Crippen molar-refractivity contribution < 1.29 is 19.1 Å². The van der Waals surface area contributed by atoms with Gasteiger partial charge in [-0.15, -0.1) is 0 Å². The number of carbonyl (C=O) groups excluding carboxylic acids is 2. The molecular formula is C25H48O4. The van der Waals surface area contributed by atoms with Crippen LogP contribution in [0.4, 0.5) is 0 Å². The van der Waals surface area contributed by atoms with Crippen molar-refractivity contribution in [1.82, 2.24) is 0 Å². The summed E-state index contributed by atoms with van der Waals surface area (Å²) in [6.07, 6.45) is 19.6. The second-order valence-electron chi connectivity index (χ2n) is 8.85. The second kappa shape index (κ2) is 18.9. The molecule has 0 aromatic heterocycles. The molecule has 0 aliphatic heterocycles. The molecule has 0 saturated carbocycles. The Labute approximate surface area is 180 Å². The van der Waals surface area contributed by atoms with Gasteiger partial charge in [0.05, 0.1) is 13.2 Å².